The standard InChI is InChI=1S/C22H30BO6P/c1-24-9-11-26-17-28-15-19-5-3-7-21(13-19)30(23)22-8-4-6-20(14-22)16-29-18-27-12-10-25-2/h3-8,13-14H,9-12,15-18H2,1-2H3. The molecule has 0 saturated carbocycles. The molecule has 6 nitrogen and oxygen atoms in total. The lowest BCUT2D eigenvalue weighted by atomic mass is 10.2. The summed E-state index contributed by atoms with van der Waals surface area (Å²) in [4.78, 5) is 0. The fraction of sp³-hybridized carbons (Fsp3) is 0.455. The molecule has 0 fully saturated rings. The molecule has 0 atom stereocenters. The average molecular weight is 432 g/mol. The maximum absolute atomic E-state index is 6.58. The highest BCUT2D eigenvalue weighted by molar-refractivity contribution is 7.94. The van der Waals surface area contributed by atoms with E-state index < -0.39 is 7.80 Å². The molecular formula is C22H30BO6P. The second-order valence-electron chi connectivity index (χ2n) is 6.44. The van der Waals surface area contributed by atoms with Crippen molar-refractivity contribution in [2.75, 3.05) is 54.2 Å². The van der Waals surface area contributed by atoms with Crippen molar-refractivity contribution in [3.05, 3.63) is 59.7 Å². The third kappa shape index (κ3) is 9.67. The SMILES string of the molecule is [B]P(c1cccc(COCOCCOC)c1)c1cccc(COCOCCOC)c1. The Morgan fingerprint density at radius 2 is 1.13 bits per heavy atom. The minimum absolute atomic E-state index is 0.238. The zero-order valence-corrected chi connectivity index (χ0v) is 18.6. The van der Waals surface area contributed by atoms with Crippen LogP contribution in [0.5, 0.6) is 0 Å². The molecule has 0 aliphatic carbocycles. The maximum atomic E-state index is 6.58. The smallest absolute Gasteiger partial charge is 0.147 e. The molecule has 0 saturated heterocycles. The van der Waals surface area contributed by atoms with Gasteiger partial charge in [0.05, 0.1) is 39.6 Å². The van der Waals surface area contributed by atoms with E-state index >= 15 is 0 Å². The zero-order chi connectivity index (χ0) is 21.4. The molecule has 2 rings (SSSR count). The molecule has 0 heterocycles. The highest BCUT2D eigenvalue weighted by Gasteiger charge is 2.09. The van der Waals surface area contributed by atoms with Gasteiger partial charge in [-0.3, -0.25) is 0 Å². The topological polar surface area (TPSA) is 55.4 Å². The quantitative estimate of drug-likeness (QED) is 0.176. The van der Waals surface area contributed by atoms with Crippen molar-refractivity contribution in [1.82, 2.24) is 0 Å². The second-order valence-corrected chi connectivity index (χ2v) is 8.22. The molecule has 0 aliphatic rings. The third-order valence-corrected chi connectivity index (χ3v) is 5.78. The van der Waals surface area contributed by atoms with E-state index in [0.29, 0.717) is 39.6 Å². The largest absolute Gasteiger partial charge is 0.382 e. The van der Waals surface area contributed by atoms with Crippen molar-refractivity contribution >= 4 is 26.0 Å². The van der Waals surface area contributed by atoms with Gasteiger partial charge in [0.15, 0.2) is 0 Å². The van der Waals surface area contributed by atoms with Gasteiger partial charge in [0.2, 0.25) is 0 Å². The van der Waals surface area contributed by atoms with E-state index in [0.717, 1.165) is 21.7 Å². The Morgan fingerprint density at radius 3 is 1.57 bits per heavy atom. The summed E-state index contributed by atoms with van der Waals surface area (Å²) in [6.07, 6.45) is 0. The molecule has 0 aliphatic heterocycles. The number of methoxy groups -OCH3 is 2. The summed E-state index contributed by atoms with van der Waals surface area (Å²) >= 11 is 0. The Balaban J connectivity index is 1.84. The summed E-state index contributed by atoms with van der Waals surface area (Å²) in [6.45, 7) is 3.57. The van der Waals surface area contributed by atoms with Crippen molar-refractivity contribution < 1.29 is 28.4 Å². The highest BCUT2D eigenvalue weighted by Crippen LogP contribution is 2.28. The van der Waals surface area contributed by atoms with Gasteiger partial charge in [-0.25, -0.2) is 0 Å². The molecule has 0 unspecified atom stereocenters. The second kappa shape index (κ2) is 15.5. The first-order valence-corrected chi connectivity index (χ1v) is 11.2. The van der Waals surface area contributed by atoms with Crippen LogP contribution in [-0.2, 0) is 41.6 Å². The van der Waals surface area contributed by atoms with Crippen LogP contribution in [0.1, 0.15) is 11.1 Å². The van der Waals surface area contributed by atoms with Crippen molar-refractivity contribution in [3.8, 4) is 0 Å². The molecule has 2 aromatic rings. The molecule has 0 aromatic heterocycles. The molecule has 8 heteroatoms. The Kier molecular flexibility index (Phi) is 12.9. The summed E-state index contributed by atoms with van der Waals surface area (Å²) in [5.74, 6) is 0. The van der Waals surface area contributed by atoms with Crippen LogP contribution in [0.2, 0.25) is 0 Å². The fourth-order valence-corrected chi connectivity index (χ4v) is 3.98. The van der Waals surface area contributed by atoms with Crippen LogP contribution in [0.25, 0.3) is 0 Å². The van der Waals surface area contributed by atoms with Gasteiger partial charge in [0.25, 0.3) is 0 Å². The summed E-state index contributed by atoms with van der Waals surface area (Å²) in [7, 11) is 8.90. The Labute approximate surface area is 181 Å². The summed E-state index contributed by atoms with van der Waals surface area (Å²) in [6, 6.07) is 16.3. The van der Waals surface area contributed by atoms with E-state index in [1.54, 1.807) is 14.2 Å². The van der Waals surface area contributed by atoms with E-state index in [1.807, 2.05) is 24.3 Å². The van der Waals surface area contributed by atoms with Gasteiger partial charge in [-0.15, -0.1) is 0 Å². The number of ether oxygens (including phenoxy) is 6. The number of rotatable bonds is 16. The van der Waals surface area contributed by atoms with E-state index in [1.165, 1.54) is 0 Å². The lowest BCUT2D eigenvalue weighted by Gasteiger charge is -2.16. The maximum Gasteiger partial charge on any atom is 0.147 e. The lowest BCUT2D eigenvalue weighted by Crippen LogP contribution is -2.14. The third-order valence-electron chi connectivity index (χ3n) is 4.11. The summed E-state index contributed by atoms with van der Waals surface area (Å²) in [5, 5.41) is 2.18. The van der Waals surface area contributed by atoms with Crippen LogP contribution in [0, 0.1) is 0 Å². The molecule has 162 valence electrons. The van der Waals surface area contributed by atoms with Crippen molar-refractivity contribution in [3.63, 3.8) is 0 Å². The van der Waals surface area contributed by atoms with Crippen LogP contribution >= 0.6 is 7.80 Å². The van der Waals surface area contributed by atoms with Gasteiger partial charge >= 0.3 is 0 Å². The first-order valence-electron chi connectivity index (χ1n) is 9.76. The summed E-state index contributed by atoms with van der Waals surface area (Å²) in [5.41, 5.74) is 2.13. The predicted octanol–water partition coefficient (Wildman–Crippen LogP) is 2.48. The molecule has 30 heavy (non-hydrogen) atoms. The summed E-state index contributed by atoms with van der Waals surface area (Å²) < 4.78 is 31.6. The average Bonchev–Trinajstić information content (AvgIpc) is 2.78. The van der Waals surface area contributed by atoms with Crippen molar-refractivity contribution in [1.29, 1.82) is 0 Å². The Morgan fingerprint density at radius 1 is 0.667 bits per heavy atom. The van der Waals surface area contributed by atoms with Crippen LogP contribution < -0.4 is 10.6 Å². The lowest BCUT2D eigenvalue weighted by molar-refractivity contribution is -0.0725. The predicted molar refractivity (Wildman–Crippen MR) is 120 cm³/mol. The van der Waals surface area contributed by atoms with Gasteiger partial charge in [0, 0.05) is 14.2 Å². The van der Waals surface area contributed by atoms with Gasteiger partial charge in [-0.1, -0.05) is 44.2 Å². The zero-order valence-electron chi connectivity index (χ0n) is 17.7. The molecule has 0 spiro atoms. The fourth-order valence-electron chi connectivity index (χ4n) is 2.58. The molecule has 0 amide bonds. The van der Waals surface area contributed by atoms with E-state index in [2.05, 4.69) is 24.3 Å². The Hall–Kier alpha value is -1.31. The Bertz CT molecular complexity index is 658. The minimum Gasteiger partial charge on any atom is -0.382 e. The molecule has 2 aromatic carbocycles. The van der Waals surface area contributed by atoms with Gasteiger partial charge in [0.1, 0.15) is 21.2 Å². The molecule has 0 bridgehead atoms. The monoisotopic (exact) mass is 432 g/mol. The number of benzene rings is 2. The van der Waals surface area contributed by atoms with E-state index in [4.69, 9.17) is 36.0 Å². The molecule has 2 radical (unpaired) electrons. The van der Waals surface area contributed by atoms with E-state index in [-0.39, 0.29) is 13.6 Å². The van der Waals surface area contributed by atoms with Crippen LogP contribution in [0.15, 0.2) is 48.5 Å². The van der Waals surface area contributed by atoms with Crippen LogP contribution in [0.3, 0.4) is 0 Å². The number of hydrogen-bond donors (Lipinski definition) is 0. The van der Waals surface area contributed by atoms with Crippen LogP contribution in [-0.4, -0.2) is 61.8 Å². The first-order chi connectivity index (χ1) is 14.7. The normalized spacial score (nSPS) is 11.3. The minimum atomic E-state index is -0.963. The molecule has 0 N–H and O–H groups in total. The van der Waals surface area contributed by atoms with Crippen LogP contribution in [0.4, 0.5) is 0 Å². The first kappa shape index (κ1) is 25.0. The van der Waals surface area contributed by atoms with Gasteiger partial charge < -0.3 is 28.4 Å². The molecular weight excluding hydrogens is 402 g/mol. The highest BCUT2D eigenvalue weighted by atomic mass is 31.1. The van der Waals surface area contributed by atoms with Crippen molar-refractivity contribution in [2.45, 2.75) is 13.2 Å². The number of hydrogen-bond acceptors (Lipinski definition) is 6. The van der Waals surface area contributed by atoms with Gasteiger partial charge in [-0.05, 0) is 33.9 Å². The van der Waals surface area contributed by atoms with E-state index in [9.17, 15) is 0 Å². The van der Waals surface area contributed by atoms with Gasteiger partial charge in [-0.2, -0.15) is 0 Å². The van der Waals surface area contributed by atoms with Crippen molar-refractivity contribution in [2.24, 2.45) is 0 Å².